The first-order chi connectivity index (χ1) is 10.5. The number of halogens is 1. The van der Waals surface area contributed by atoms with Crippen molar-refractivity contribution in [2.24, 2.45) is 7.05 Å². The Balaban J connectivity index is 2.10. The summed E-state index contributed by atoms with van der Waals surface area (Å²) < 4.78 is 25.8. The first-order valence-electron chi connectivity index (χ1n) is 7.11. The van der Waals surface area contributed by atoms with E-state index in [1.165, 1.54) is 13.2 Å². The number of aromatic nitrogens is 2. The molecule has 22 heavy (non-hydrogen) atoms. The van der Waals surface area contributed by atoms with Crippen molar-refractivity contribution in [1.29, 1.82) is 0 Å². The molecule has 0 aliphatic heterocycles. The fourth-order valence-corrected chi connectivity index (χ4v) is 2.46. The molecule has 1 atom stereocenters. The van der Waals surface area contributed by atoms with Gasteiger partial charge in [-0.3, -0.25) is 0 Å². The second-order valence-corrected chi connectivity index (χ2v) is 5.19. The minimum absolute atomic E-state index is 0.00952. The molecule has 120 valence electrons. The van der Waals surface area contributed by atoms with Gasteiger partial charge in [-0.15, -0.1) is 0 Å². The van der Waals surface area contributed by atoms with E-state index in [2.05, 4.69) is 10.4 Å². The van der Waals surface area contributed by atoms with Gasteiger partial charge in [0.15, 0.2) is 11.6 Å². The van der Waals surface area contributed by atoms with Crippen LogP contribution in [0.3, 0.4) is 0 Å². The molecule has 5 nitrogen and oxygen atoms in total. The summed E-state index contributed by atoms with van der Waals surface area (Å²) in [5.74, 6) is 0.627. The summed E-state index contributed by atoms with van der Waals surface area (Å²) in [6.45, 7) is 4.52. The summed E-state index contributed by atoms with van der Waals surface area (Å²) in [4.78, 5) is 0. The van der Waals surface area contributed by atoms with E-state index in [9.17, 15) is 4.39 Å². The van der Waals surface area contributed by atoms with Crippen molar-refractivity contribution in [3.63, 3.8) is 0 Å². The van der Waals surface area contributed by atoms with Gasteiger partial charge >= 0.3 is 0 Å². The van der Waals surface area contributed by atoms with Gasteiger partial charge in [-0.2, -0.15) is 5.10 Å². The van der Waals surface area contributed by atoms with E-state index in [-0.39, 0.29) is 17.6 Å². The smallest absolute Gasteiger partial charge is 0.216 e. The van der Waals surface area contributed by atoms with Crippen molar-refractivity contribution in [1.82, 2.24) is 15.1 Å². The van der Waals surface area contributed by atoms with Gasteiger partial charge in [-0.25, -0.2) is 9.07 Å². The maximum atomic E-state index is 13.8. The number of hydrogen-bond acceptors (Lipinski definition) is 4. The molecule has 1 N–H and O–H groups in total. The minimum Gasteiger partial charge on any atom is -0.494 e. The summed E-state index contributed by atoms with van der Waals surface area (Å²) >= 11 is 0. The zero-order valence-electron chi connectivity index (χ0n) is 13.6. The van der Waals surface area contributed by atoms with Crippen LogP contribution in [0.4, 0.5) is 4.39 Å². The van der Waals surface area contributed by atoms with E-state index in [1.54, 1.807) is 17.9 Å². The minimum atomic E-state index is -0.358. The molecule has 0 radical (unpaired) electrons. The van der Waals surface area contributed by atoms with E-state index < -0.39 is 0 Å². The van der Waals surface area contributed by atoms with Gasteiger partial charge in [0.25, 0.3) is 0 Å². The average molecular weight is 307 g/mol. The highest BCUT2D eigenvalue weighted by atomic mass is 19.1. The highest BCUT2D eigenvalue weighted by molar-refractivity contribution is 5.32. The normalized spacial score (nSPS) is 12.3. The molecule has 1 aromatic carbocycles. The Morgan fingerprint density at radius 3 is 2.64 bits per heavy atom. The predicted octanol–water partition coefficient (Wildman–Crippen LogP) is 2.74. The molecule has 0 spiro atoms. The van der Waals surface area contributed by atoms with Crippen molar-refractivity contribution in [3.05, 3.63) is 40.8 Å². The molecule has 6 heteroatoms. The number of benzene rings is 1. The van der Waals surface area contributed by atoms with Gasteiger partial charge in [-0.05, 0) is 31.5 Å². The molecule has 0 saturated heterocycles. The van der Waals surface area contributed by atoms with Crippen LogP contribution in [-0.2, 0) is 13.6 Å². The van der Waals surface area contributed by atoms with E-state index in [0.29, 0.717) is 6.54 Å². The van der Waals surface area contributed by atoms with Crippen LogP contribution >= 0.6 is 0 Å². The topological polar surface area (TPSA) is 48.3 Å². The Kier molecular flexibility index (Phi) is 5.03. The first kappa shape index (κ1) is 16.3. The molecule has 0 unspecified atom stereocenters. The molecule has 1 heterocycles. The molecule has 0 bridgehead atoms. The summed E-state index contributed by atoms with van der Waals surface area (Å²) in [6.07, 6.45) is 0. The number of nitrogens with one attached hydrogen (secondary N) is 1. The molecule has 2 rings (SSSR count). The zero-order chi connectivity index (χ0) is 16.3. The van der Waals surface area contributed by atoms with Crippen LogP contribution in [0, 0.1) is 12.7 Å². The molecular formula is C16H22FN3O2. The lowest BCUT2D eigenvalue weighted by Crippen LogP contribution is -2.19. The largest absolute Gasteiger partial charge is 0.494 e. The number of rotatable bonds is 6. The number of aryl methyl sites for hydroxylation is 2. The number of nitrogens with zero attached hydrogens (tertiary/aromatic N) is 2. The summed E-state index contributed by atoms with van der Waals surface area (Å²) in [6, 6.07) is 4.97. The summed E-state index contributed by atoms with van der Waals surface area (Å²) in [5.41, 5.74) is 2.78. The van der Waals surface area contributed by atoms with Crippen LogP contribution in [0.1, 0.15) is 29.8 Å². The Hall–Kier alpha value is -2.08. The lowest BCUT2D eigenvalue weighted by molar-refractivity contribution is 0.367. The molecule has 1 aromatic heterocycles. The third-order valence-electron chi connectivity index (χ3n) is 3.74. The molecule has 0 fully saturated rings. The van der Waals surface area contributed by atoms with Gasteiger partial charge in [0.2, 0.25) is 5.88 Å². The second kappa shape index (κ2) is 6.79. The van der Waals surface area contributed by atoms with E-state index >= 15 is 0 Å². The predicted molar refractivity (Wildman–Crippen MR) is 82.7 cm³/mol. The molecule has 0 aliphatic carbocycles. The van der Waals surface area contributed by atoms with Gasteiger partial charge in [0.05, 0.1) is 25.5 Å². The molecule has 0 saturated carbocycles. The Bertz CT molecular complexity index is 655. The Morgan fingerprint density at radius 1 is 1.32 bits per heavy atom. The third-order valence-corrected chi connectivity index (χ3v) is 3.74. The molecule has 2 aromatic rings. The fourth-order valence-electron chi connectivity index (χ4n) is 2.46. The van der Waals surface area contributed by atoms with Crippen LogP contribution in [-0.4, -0.2) is 24.0 Å². The van der Waals surface area contributed by atoms with Crippen molar-refractivity contribution >= 4 is 0 Å². The Labute approximate surface area is 130 Å². The highest BCUT2D eigenvalue weighted by Crippen LogP contribution is 2.24. The maximum absolute atomic E-state index is 13.8. The maximum Gasteiger partial charge on any atom is 0.216 e. The van der Waals surface area contributed by atoms with Crippen LogP contribution in [0.2, 0.25) is 0 Å². The van der Waals surface area contributed by atoms with E-state index in [1.807, 2.05) is 27.0 Å². The quantitative estimate of drug-likeness (QED) is 0.891. The lowest BCUT2D eigenvalue weighted by Gasteiger charge is -2.15. The van der Waals surface area contributed by atoms with E-state index in [4.69, 9.17) is 9.47 Å². The first-order valence-corrected chi connectivity index (χ1v) is 7.11. The standard InChI is InChI=1S/C16H22FN3O2/c1-10(12-6-7-15(21-4)14(17)8-12)18-9-13-11(2)19-20(3)16(13)22-5/h6-8,10,18H,9H2,1-5H3/t10-/m1/s1. The van der Waals surface area contributed by atoms with Crippen molar-refractivity contribution < 1.29 is 13.9 Å². The number of methoxy groups -OCH3 is 2. The third kappa shape index (κ3) is 3.22. The lowest BCUT2D eigenvalue weighted by atomic mass is 10.1. The molecule has 0 amide bonds. The van der Waals surface area contributed by atoms with Crippen molar-refractivity contribution in [3.8, 4) is 11.6 Å². The van der Waals surface area contributed by atoms with Gasteiger partial charge in [-0.1, -0.05) is 6.07 Å². The van der Waals surface area contributed by atoms with Crippen LogP contribution < -0.4 is 14.8 Å². The van der Waals surface area contributed by atoms with Crippen LogP contribution in [0.15, 0.2) is 18.2 Å². The van der Waals surface area contributed by atoms with Gasteiger partial charge in [0, 0.05) is 19.6 Å². The van der Waals surface area contributed by atoms with Crippen LogP contribution in [0.25, 0.3) is 0 Å². The molecular weight excluding hydrogens is 285 g/mol. The highest BCUT2D eigenvalue weighted by Gasteiger charge is 2.15. The second-order valence-electron chi connectivity index (χ2n) is 5.19. The van der Waals surface area contributed by atoms with Crippen LogP contribution in [0.5, 0.6) is 11.6 Å². The average Bonchev–Trinajstić information content (AvgIpc) is 2.77. The van der Waals surface area contributed by atoms with Crippen molar-refractivity contribution in [2.75, 3.05) is 14.2 Å². The van der Waals surface area contributed by atoms with Gasteiger partial charge < -0.3 is 14.8 Å². The summed E-state index contributed by atoms with van der Waals surface area (Å²) in [5, 5.41) is 7.71. The van der Waals surface area contributed by atoms with E-state index in [0.717, 1.165) is 22.7 Å². The fraction of sp³-hybridized carbons (Fsp3) is 0.438. The SMILES string of the molecule is COc1ccc([C@@H](C)NCc2c(C)nn(C)c2OC)cc1F. The molecule has 0 aliphatic rings. The monoisotopic (exact) mass is 307 g/mol. The summed E-state index contributed by atoms with van der Waals surface area (Å²) in [7, 11) is 4.93. The number of hydrogen-bond donors (Lipinski definition) is 1. The number of ether oxygens (including phenoxy) is 2. The Morgan fingerprint density at radius 2 is 2.05 bits per heavy atom. The van der Waals surface area contributed by atoms with Crippen molar-refractivity contribution in [2.45, 2.75) is 26.4 Å². The zero-order valence-corrected chi connectivity index (χ0v) is 13.6. The van der Waals surface area contributed by atoms with Gasteiger partial charge in [0.1, 0.15) is 0 Å².